The van der Waals surface area contributed by atoms with Gasteiger partial charge in [0.1, 0.15) is 22.3 Å². The lowest BCUT2D eigenvalue weighted by molar-refractivity contribution is -0.134. The maximum Gasteiger partial charge on any atom is 0.329 e. The van der Waals surface area contributed by atoms with Gasteiger partial charge in [0.2, 0.25) is 0 Å². The summed E-state index contributed by atoms with van der Waals surface area (Å²) in [6, 6.07) is 14.4. The van der Waals surface area contributed by atoms with E-state index in [1.54, 1.807) is 38.1 Å². The Bertz CT molecular complexity index is 859. The molecular formula is C20H16Cl2O4. The molecule has 3 aromatic rings. The summed E-state index contributed by atoms with van der Waals surface area (Å²) in [6.45, 7) is 3.10. The number of carbonyl (C=O) groups excluding carboxylic acids is 2. The van der Waals surface area contributed by atoms with Crippen LogP contribution in [0.1, 0.15) is 13.8 Å². The zero-order valence-electron chi connectivity index (χ0n) is 14.2. The number of hydrogen-bond donors (Lipinski definition) is 0. The molecule has 0 saturated heterocycles. The van der Waals surface area contributed by atoms with Gasteiger partial charge in [-0.25, -0.2) is 0 Å². The third kappa shape index (κ3) is 3.48. The van der Waals surface area contributed by atoms with Crippen LogP contribution >= 0.6 is 23.2 Å². The van der Waals surface area contributed by atoms with Gasteiger partial charge in [0.25, 0.3) is 0 Å². The van der Waals surface area contributed by atoms with E-state index in [4.69, 9.17) is 32.7 Å². The average molecular weight is 391 g/mol. The van der Waals surface area contributed by atoms with Crippen LogP contribution in [-0.2, 0) is 9.59 Å². The van der Waals surface area contributed by atoms with Gasteiger partial charge in [-0.2, -0.15) is 0 Å². The topological polar surface area (TPSA) is 52.6 Å². The smallest absolute Gasteiger partial charge is 0.329 e. The highest BCUT2D eigenvalue weighted by atomic mass is 35.5. The van der Waals surface area contributed by atoms with Gasteiger partial charge in [0.05, 0.1) is 0 Å². The first-order valence-electron chi connectivity index (χ1n) is 8.05. The van der Waals surface area contributed by atoms with Gasteiger partial charge in [-0.1, -0.05) is 48.5 Å². The molecule has 0 aliphatic heterocycles. The molecule has 4 nitrogen and oxygen atoms in total. The summed E-state index contributed by atoms with van der Waals surface area (Å²) in [5, 5.41) is 0.983. The van der Waals surface area contributed by atoms with Crippen molar-refractivity contribution < 1.29 is 19.1 Å². The second-order valence-electron chi connectivity index (χ2n) is 5.82. The SMILES string of the molecule is CC(Cl)C(=O)Oc1c2ccccc2c(OC(=O)C(C)Cl)c2ccccc12. The summed E-state index contributed by atoms with van der Waals surface area (Å²) in [5.74, 6) is -0.345. The fourth-order valence-electron chi connectivity index (χ4n) is 2.63. The molecule has 0 saturated carbocycles. The van der Waals surface area contributed by atoms with Crippen LogP contribution in [0.3, 0.4) is 0 Å². The Morgan fingerprint density at radius 1 is 0.692 bits per heavy atom. The Balaban J connectivity index is 2.31. The predicted molar refractivity (Wildman–Crippen MR) is 103 cm³/mol. The minimum atomic E-state index is -0.790. The van der Waals surface area contributed by atoms with Crippen LogP contribution in [-0.4, -0.2) is 22.7 Å². The second kappa shape index (κ2) is 7.52. The van der Waals surface area contributed by atoms with E-state index in [0.717, 1.165) is 0 Å². The minimum absolute atomic E-state index is 0.382. The Hall–Kier alpha value is -2.30. The minimum Gasteiger partial charge on any atom is -0.424 e. The maximum atomic E-state index is 12.1. The monoisotopic (exact) mass is 390 g/mol. The van der Waals surface area contributed by atoms with Gasteiger partial charge in [-0.05, 0) is 13.8 Å². The van der Waals surface area contributed by atoms with Crippen molar-refractivity contribution in [1.82, 2.24) is 0 Å². The van der Waals surface area contributed by atoms with E-state index < -0.39 is 22.7 Å². The zero-order chi connectivity index (χ0) is 18.8. The molecule has 0 amide bonds. The van der Waals surface area contributed by atoms with E-state index in [-0.39, 0.29) is 0 Å². The molecule has 0 aliphatic carbocycles. The van der Waals surface area contributed by atoms with Crippen molar-refractivity contribution in [1.29, 1.82) is 0 Å². The van der Waals surface area contributed by atoms with Gasteiger partial charge in [-0.3, -0.25) is 9.59 Å². The van der Waals surface area contributed by atoms with Crippen molar-refractivity contribution in [3.8, 4) is 11.5 Å². The van der Waals surface area contributed by atoms with E-state index >= 15 is 0 Å². The van der Waals surface area contributed by atoms with Crippen molar-refractivity contribution in [2.45, 2.75) is 24.6 Å². The first kappa shape index (κ1) is 18.5. The zero-order valence-corrected chi connectivity index (χ0v) is 15.7. The summed E-state index contributed by atoms with van der Waals surface area (Å²) in [5.41, 5.74) is 0. The molecule has 2 atom stereocenters. The van der Waals surface area contributed by atoms with E-state index in [2.05, 4.69) is 0 Å². The lowest BCUT2D eigenvalue weighted by Crippen LogP contribution is -2.19. The lowest BCUT2D eigenvalue weighted by Gasteiger charge is -2.17. The number of ether oxygens (including phenoxy) is 2. The molecule has 0 aromatic heterocycles. The number of alkyl halides is 2. The fraction of sp³-hybridized carbons (Fsp3) is 0.200. The van der Waals surface area contributed by atoms with Crippen molar-refractivity contribution in [2.75, 3.05) is 0 Å². The van der Waals surface area contributed by atoms with Crippen molar-refractivity contribution in [2.24, 2.45) is 0 Å². The summed E-state index contributed by atoms with van der Waals surface area (Å²) in [7, 11) is 0. The average Bonchev–Trinajstić information content (AvgIpc) is 2.63. The molecule has 0 heterocycles. The summed E-state index contributed by atoms with van der Waals surface area (Å²) in [6.07, 6.45) is 0. The Labute approximate surface area is 160 Å². The van der Waals surface area contributed by atoms with Gasteiger partial charge in [0.15, 0.2) is 0 Å². The van der Waals surface area contributed by atoms with Gasteiger partial charge < -0.3 is 9.47 Å². The first-order valence-corrected chi connectivity index (χ1v) is 8.92. The number of fused-ring (bicyclic) bond motifs is 2. The van der Waals surface area contributed by atoms with E-state index in [9.17, 15) is 9.59 Å². The van der Waals surface area contributed by atoms with Crippen LogP contribution in [0.25, 0.3) is 21.5 Å². The standard InChI is InChI=1S/C20H16Cl2O4/c1-11(21)19(23)25-17-13-7-3-5-9-15(13)18(26-20(24)12(2)22)16-10-6-4-8-14(16)17/h3-12H,1-2H3. The normalized spacial score (nSPS) is 13.4. The molecule has 0 N–H and O–H groups in total. The van der Waals surface area contributed by atoms with Crippen molar-refractivity contribution >= 4 is 56.7 Å². The van der Waals surface area contributed by atoms with E-state index in [0.29, 0.717) is 33.0 Å². The molecule has 134 valence electrons. The summed E-state index contributed by atoms with van der Waals surface area (Å²) < 4.78 is 11.1. The Kier molecular flexibility index (Phi) is 5.35. The molecule has 0 bridgehead atoms. The third-order valence-corrected chi connectivity index (χ3v) is 4.24. The highest BCUT2D eigenvalue weighted by Crippen LogP contribution is 2.43. The maximum absolute atomic E-state index is 12.1. The first-order chi connectivity index (χ1) is 12.4. The van der Waals surface area contributed by atoms with Crippen LogP contribution in [0.2, 0.25) is 0 Å². The molecule has 26 heavy (non-hydrogen) atoms. The number of rotatable bonds is 4. The molecule has 0 aliphatic rings. The van der Waals surface area contributed by atoms with Crippen LogP contribution in [0.15, 0.2) is 48.5 Å². The molecule has 6 heteroatoms. The molecule has 3 rings (SSSR count). The van der Waals surface area contributed by atoms with Crippen molar-refractivity contribution in [3.05, 3.63) is 48.5 Å². The largest absolute Gasteiger partial charge is 0.424 e. The number of carbonyl (C=O) groups is 2. The Morgan fingerprint density at radius 3 is 1.19 bits per heavy atom. The lowest BCUT2D eigenvalue weighted by atomic mass is 10.0. The molecule has 0 radical (unpaired) electrons. The van der Waals surface area contributed by atoms with Gasteiger partial charge >= 0.3 is 11.9 Å². The fourth-order valence-corrected chi connectivity index (χ4v) is 2.72. The highest BCUT2D eigenvalue weighted by molar-refractivity contribution is 6.30. The molecule has 0 spiro atoms. The molecular weight excluding hydrogens is 375 g/mol. The quantitative estimate of drug-likeness (QED) is 0.270. The predicted octanol–water partition coefficient (Wildman–Crippen LogP) is 5.06. The van der Waals surface area contributed by atoms with Crippen LogP contribution in [0.4, 0.5) is 0 Å². The van der Waals surface area contributed by atoms with Gasteiger partial charge in [-0.15, -0.1) is 23.2 Å². The highest BCUT2D eigenvalue weighted by Gasteiger charge is 2.22. The number of benzene rings is 3. The second-order valence-corrected chi connectivity index (χ2v) is 7.13. The number of esters is 2. The van der Waals surface area contributed by atoms with Crippen LogP contribution in [0, 0.1) is 0 Å². The number of hydrogen-bond acceptors (Lipinski definition) is 4. The summed E-state index contributed by atoms with van der Waals surface area (Å²) >= 11 is 11.7. The summed E-state index contributed by atoms with van der Waals surface area (Å²) in [4.78, 5) is 24.2. The molecule has 2 unspecified atom stereocenters. The third-order valence-electron chi connectivity index (χ3n) is 3.89. The molecule has 0 fully saturated rings. The Morgan fingerprint density at radius 2 is 0.962 bits per heavy atom. The van der Waals surface area contributed by atoms with E-state index in [1.807, 2.05) is 24.3 Å². The molecule has 3 aromatic carbocycles. The van der Waals surface area contributed by atoms with E-state index in [1.165, 1.54) is 0 Å². The van der Waals surface area contributed by atoms with Crippen LogP contribution in [0.5, 0.6) is 11.5 Å². The van der Waals surface area contributed by atoms with Crippen LogP contribution < -0.4 is 9.47 Å². The van der Waals surface area contributed by atoms with Gasteiger partial charge in [0, 0.05) is 21.5 Å². The number of halogens is 2. The van der Waals surface area contributed by atoms with Crippen molar-refractivity contribution in [3.63, 3.8) is 0 Å².